The number of phosphoric acid groups is 3. The number of hydrogen-bond acceptors (Lipinski definition) is 15. The smallest absolute Gasteiger partial charge is 0.387 e. The molecule has 1 fully saturated rings. The SMILES string of the molecule is NCCCOP(=O)(O)OP(=O)(O)OP(=O)(O)OC[C@H]1O[C@@H](n2cnc3c(N)ncnc32)[C@H](O)[C@@H]1O. The summed E-state index contributed by atoms with van der Waals surface area (Å²) in [4.78, 5) is 40.4. The molecule has 0 spiro atoms. The van der Waals surface area contributed by atoms with Crippen LogP contribution in [0.25, 0.3) is 11.2 Å². The van der Waals surface area contributed by atoms with Crippen LogP contribution in [0.5, 0.6) is 0 Å². The molecule has 1 aliphatic rings. The lowest BCUT2D eigenvalue weighted by atomic mass is 10.1. The highest BCUT2D eigenvalue weighted by atomic mass is 31.3. The Balaban J connectivity index is 1.62. The van der Waals surface area contributed by atoms with Crippen LogP contribution in [-0.2, 0) is 36.1 Å². The van der Waals surface area contributed by atoms with Gasteiger partial charge in [0.2, 0.25) is 0 Å². The zero-order valence-corrected chi connectivity index (χ0v) is 20.3. The molecule has 198 valence electrons. The molecular formula is C13H23N6O13P3. The Bertz CT molecular complexity index is 1180. The Hall–Kier alpha value is -1.40. The van der Waals surface area contributed by atoms with Crippen molar-refractivity contribution in [3.05, 3.63) is 12.7 Å². The third-order valence-electron chi connectivity index (χ3n) is 4.42. The number of ether oxygens (including phenoxy) is 1. The van der Waals surface area contributed by atoms with Gasteiger partial charge in [0.25, 0.3) is 0 Å². The maximum absolute atomic E-state index is 12.1. The highest BCUT2D eigenvalue weighted by molar-refractivity contribution is 7.66. The van der Waals surface area contributed by atoms with E-state index in [0.29, 0.717) is 0 Å². The van der Waals surface area contributed by atoms with Crippen molar-refractivity contribution in [1.29, 1.82) is 0 Å². The average molecular weight is 564 g/mol. The number of aromatic nitrogens is 4. The molecule has 3 heterocycles. The highest BCUT2D eigenvalue weighted by Gasteiger charge is 2.47. The Morgan fingerprint density at radius 2 is 1.66 bits per heavy atom. The van der Waals surface area contributed by atoms with E-state index < -0.39 is 61.2 Å². The third-order valence-corrected chi connectivity index (χ3v) is 8.70. The van der Waals surface area contributed by atoms with Crippen LogP contribution in [0.3, 0.4) is 0 Å². The molecule has 35 heavy (non-hydrogen) atoms. The number of rotatable bonds is 12. The molecule has 3 rings (SSSR count). The highest BCUT2D eigenvalue weighted by Crippen LogP contribution is 2.67. The Morgan fingerprint density at radius 3 is 2.31 bits per heavy atom. The lowest BCUT2D eigenvalue weighted by Crippen LogP contribution is -2.33. The molecule has 9 N–H and O–H groups in total. The summed E-state index contributed by atoms with van der Waals surface area (Å²) >= 11 is 0. The summed E-state index contributed by atoms with van der Waals surface area (Å²) in [5.74, 6) is 0.0490. The predicted octanol–water partition coefficient (Wildman–Crippen LogP) is -1.26. The number of nitrogen functional groups attached to an aromatic ring is 1. The van der Waals surface area contributed by atoms with Gasteiger partial charge in [-0.05, 0) is 13.0 Å². The second-order valence-corrected chi connectivity index (χ2v) is 11.6. The lowest BCUT2D eigenvalue weighted by molar-refractivity contribution is -0.0503. The van der Waals surface area contributed by atoms with Crippen molar-refractivity contribution < 1.29 is 61.0 Å². The number of phosphoric ester groups is 2. The molecule has 0 aliphatic carbocycles. The maximum atomic E-state index is 12.1. The molecule has 1 aliphatic heterocycles. The van der Waals surface area contributed by atoms with Gasteiger partial charge in [-0.25, -0.2) is 28.6 Å². The van der Waals surface area contributed by atoms with Gasteiger partial charge in [-0.2, -0.15) is 8.62 Å². The topological polar surface area (TPSA) is 294 Å². The van der Waals surface area contributed by atoms with E-state index in [1.807, 2.05) is 0 Å². The first-order valence-corrected chi connectivity index (χ1v) is 14.1. The average Bonchev–Trinajstić information content (AvgIpc) is 3.27. The van der Waals surface area contributed by atoms with E-state index in [4.69, 9.17) is 16.2 Å². The van der Waals surface area contributed by atoms with Gasteiger partial charge in [-0.1, -0.05) is 0 Å². The van der Waals surface area contributed by atoms with Crippen LogP contribution in [-0.4, -0.2) is 82.5 Å². The van der Waals surface area contributed by atoms with Gasteiger partial charge in [0.05, 0.1) is 19.5 Å². The first-order valence-electron chi connectivity index (χ1n) is 9.60. The lowest BCUT2D eigenvalue weighted by Gasteiger charge is -2.20. The van der Waals surface area contributed by atoms with E-state index >= 15 is 0 Å². The van der Waals surface area contributed by atoms with E-state index in [1.54, 1.807) is 0 Å². The fourth-order valence-electron chi connectivity index (χ4n) is 2.91. The number of fused-ring (bicyclic) bond motifs is 1. The molecule has 22 heteroatoms. The van der Waals surface area contributed by atoms with Gasteiger partial charge in [-0.15, -0.1) is 0 Å². The number of aliphatic hydroxyl groups excluding tert-OH is 2. The monoisotopic (exact) mass is 564 g/mol. The second-order valence-electron chi connectivity index (χ2n) is 6.97. The molecule has 7 atom stereocenters. The summed E-state index contributed by atoms with van der Waals surface area (Å²) in [5.41, 5.74) is 11.2. The van der Waals surface area contributed by atoms with E-state index in [0.717, 1.165) is 6.33 Å². The normalized spacial score (nSPS) is 27.9. The Morgan fingerprint density at radius 1 is 1.00 bits per heavy atom. The third kappa shape index (κ3) is 7.09. The largest absolute Gasteiger partial charge is 0.490 e. The van der Waals surface area contributed by atoms with Crippen LogP contribution in [0.4, 0.5) is 5.82 Å². The molecule has 2 aromatic rings. The molecule has 0 saturated carbocycles. The standard InChI is InChI=1S/C13H23N6O13P3/c14-2-1-3-28-33(22,23)31-35(26,27)32-34(24,25)29-4-7-9(20)10(21)13(30-7)19-6-18-8-11(15)16-5-17-12(8)19/h5-7,9-10,13,20-21H,1-4,14H2,(H,22,23)(H,24,25)(H,26,27)(H2,15,16,17)/t7-,9-,10-,13-/m1/s1. The zero-order chi connectivity index (χ0) is 26.0. The molecule has 0 radical (unpaired) electrons. The van der Waals surface area contributed by atoms with Gasteiger partial charge in [0.15, 0.2) is 17.7 Å². The zero-order valence-electron chi connectivity index (χ0n) is 17.6. The van der Waals surface area contributed by atoms with Crippen molar-refractivity contribution in [3.63, 3.8) is 0 Å². The minimum Gasteiger partial charge on any atom is -0.387 e. The Labute approximate surface area is 196 Å². The first kappa shape index (κ1) is 28.2. The van der Waals surface area contributed by atoms with Crippen LogP contribution in [0.2, 0.25) is 0 Å². The summed E-state index contributed by atoms with van der Waals surface area (Å²) in [7, 11) is -16.2. The Kier molecular flexibility index (Phi) is 8.79. The molecule has 2 aromatic heterocycles. The van der Waals surface area contributed by atoms with Gasteiger partial charge in [0.1, 0.15) is 30.2 Å². The van der Waals surface area contributed by atoms with Crippen molar-refractivity contribution in [2.75, 3.05) is 25.5 Å². The van der Waals surface area contributed by atoms with Gasteiger partial charge in [0, 0.05) is 0 Å². The quantitative estimate of drug-likeness (QED) is 0.117. The van der Waals surface area contributed by atoms with Crippen molar-refractivity contribution in [1.82, 2.24) is 19.5 Å². The molecule has 19 nitrogen and oxygen atoms in total. The predicted molar refractivity (Wildman–Crippen MR) is 113 cm³/mol. The summed E-state index contributed by atoms with van der Waals surface area (Å²) < 4.78 is 59.0. The number of aliphatic hydroxyl groups is 2. The first-order chi connectivity index (χ1) is 16.3. The number of imidazole rings is 1. The van der Waals surface area contributed by atoms with Crippen molar-refractivity contribution in [3.8, 4) is 0 Å². The summed E-state index contributed by atoms with van der Waals surface area (Å²) in [5, 5.41) is 20.6. The summed E-state index contributed by atoms with van der Waals surface area (Å²) in [6.45, 7) is -1.27. The van der Waals surface area contributed by atoms with E-state index in [-0.39, 0.29) is 29.9 Å². The fourth-order valence-corrected chi connectivity index (χ4v) is 6.45. The van der Waals surface area contributed by atoms with Crippen molar-refractivity contribution in [2.24, 2.45) is 5.73 Å². The number of nitrogens with two attached hydrogens (primary N) is 2. The molecule has 0 amide bonds. The van der Waals surface area contributed by atoms with Gasteiger partial charge < -0.3 is 41.1 Å². The van der Waals surface area contributed by atoms with Crippen LogP contribution >= 0.6 is 23.5 Å². The van der Waals surface area contributed by atoms with Crippen molar-refractivity contribution in [2.45, 2.75) is 31.0 Å². The summed E-state index contributed by atoms with van der Waals surface area (Å²) in [6, 6.07) is 0. The molecular weight excluding hydrogens is 541 g/mol. The van der Waals surface area contributed by atoms with Crippen LogP contribution in [0.15, 0.2) is 12.7 Å². The van der Waals surface area contributed by atoms with E-state index in [9.17, 15) is 38.6 Å². The molecule has 0 bridgehead atoms. The maximum Gasteiger partial charge on any atom is 0.490 e. The molecule has 1 saturated heterocycles. The minimum absolute atomic E-state index is 0.0490. The number of anilines is 1. The van der Waals surface area contributed by atoms with E-state index in [2.05, 4.69) is 32.6 Å². The second kappa shape index (κ2) is 10.9. The number of hydrogen-bond donors (Lipinski definition) is 7. The fraction of sp³-hybridized carbons (Fsp3) is 0.615. The molecule has 0 aromatic carbocycles. The summed E-state index contributed by atoms with van der Waals surface area (Å²) in [6.07, 6.45) is -3.53. The number of nitrogens with zero attached hydrogens (tertiary/aromatic N) is 4. The van der Waals surface area contributed by atoms with Crippen LogP contribution < -0.4 is 11.5 Å². The van der Waals surface area contributed by atoms with Gasteiger partial charge in [-0.3, -0.25) is 13.6 Å². The van der Waals surface area contributed by atoms with Crippen molar-refractivity contribution >= 4 is 40.4 Å². The van der Waals surface area contributed by atoms with Crippen LogP contribution in [0, 0.1) is 0 Å². The van der Waals surface area contributed by atoms with Crippen LogP contribution in [0.1, 0.15) is 12.6 Å². The minimum atomic E-state index is -5.66. The van der Waals surface area contributed by atoms with E-state index in [1.165, 1.54) is 10.9 Å². The molecule has 3 unspecified atom stereocenters. The van der Waals surface area contributed by atoms with Gasteiger partial charge >= 0.3 is 23.5 Å².